The first kappa shape index (κ1) is 15.4. The average Bonchev–Trinajstić information content (AvgIpc) is 2.57. The molecule has 2 N–H and O–H groups in total. The Bertz CT molecular complexity index is 237. The second-order valence-electron chi connectivity index (χ2n) is 5.30. The van der Waals surface area contributed by atoms with Gasteiger partial charge in [-0.1, -0.05) is 0 Å². The molecule has 0 aliphatic carbocycles. The molecule has 5 nitrogen and oxygen atoms in total. The highest BCUT2D eigenvalue weighted by Crippen LogP contribution is 1.95. The first-order chi connectivity index (χ1) is 8.59. The van der Waals surface area contributed by atoms with Crippen molar-refractivity contribution in [2.24, 2.45) is 0 Å². The fourth-order valence-corrected chi connectivity index (χ4v) is 1.95. The molecule has 0 aromatic heterocycles. The number of rotatable bonds is 6. The van der Waals surface area contributed by atoms with Gasteiger partial charge in [0, 0.05) is 32.2 Å². The maximum atomic E-state index is 11.8. The normalized spacial score (nSPS) is 18.1. The molecular weight excluding hydrogens is 228 g/mol. The maximum absolute atomic E-state index is 11.8. The van der Waals surface area contributed by atoms with Gasteiger partial charge in [0.25, 0.3) is 0 Å². The van der Waals surface area contributed by atoms with Gasteiger partial charge in [0.05, 0.1) is 6.54 Å². The van der Waals surface area contributed by atoms with E-state index in [4.69, 9.17) is 0 Å². The summed E-state index contributed by atoms with van der Waals surface area (Å²) in [6.07, 6.45) is 1.13. The van der Waals surface area contributed by atoms with E-state index in [0.29, 0.717) is 12.6 Å². The van der Waals surface area contributed by atoms with E-state index in [1.165, 1.54) is 0 Å². The molecule has 1 heterocycles. The van der Waals surface area contributed by atoms with E-state index in [0.717, 1.165) is 45.7 Å². The van der Waals surface area contributed by atoms with Gasteiger partial charge in [0.15, 0.2) is 0 Å². The van der Waals surface area contributed by atoms with Crippen molar-refractivity contribution in [1.82, 2.24) is 20.4 Å². The predicted molar refractivity (Wildman–Crippen MR) is 74.7 cm³/mol. The Morgan fingerprint density at radius 1 is 1.39 bits per heavy atom. The van der Waals surface area contributed by atoms with Gasteiger partial charge in [0.2, 0.25) is 5.91 Å². The monoisotopic (exact) mass is 256 g/mol. The molecule has 5 heteroatoms. The van der Waals surface area contributed by atoms with Gasteiger partial charge in [-0.15, -0.1) is 0 Å². The Morgan fingerprint density at radius 2 is 2.17 bits per heavy atom. The first-order valence-electron chi connectivity index (χ1n) is 6.99. The summed E-state index contributed by atoms with van der Waals surface area (Å²) in [5.74, 6) is 0.147. The summed E-state index contributed by atoms with van der Waals surface area (Å²) < 4.78 is 0. The van der Waals surface area contributed by atoms with Crippen LogP contribution in [0.15, 0.2) is 0 Å². The SMILES string of the molecule is CC(C)N(C)CCNC(=O)CN1CCCNCC1. The molecule has 1 rings (SSSR count). The van der Waals surface area contributed by atoms with Gasteiger partial charge in [-0.2, -0.15) is 0 Å². The molecule has 0 atom stereocenters. The number of hydrogen-bond donors (Lipinski definition) is 2. The Labute approximate surface area is 111 Å². The highest BCUT2D eigenvalue weighted by atomic mass is 16.2. The molecule has 1 aliphatic heterocycles. The molecule has 1 saturated heterocycles. The van der Waals surface area contributed by atoms with E-state index >= 15 is 0 Å². The molecule has 18 heavy (non-hydrogen) atoms. The number of hydrogen-bond acceptors (Lipinski definition) is 4. The van der Waals surface area contributed by atoms with E-state index in [9.17, 15) is 4.79 Å². The van der Waals surface area contributed by atoms with Gasteiger partial charge in [-0.05, 0) is 40.4 Å². The zero-order valence-electron chi connectivity index (χ0n) is 12.0. The van der Waals surface area contributed by atoms with Crippen LogP contribution < -0.4 is 10.6 Å². The van der Waals surface area contributed by atoms with E-state index < -0.39 is 0 Å². The number of carbonyl (C=O) groups excluding carboxylic acids is 1. The van der Waals surface area contributed by atoms with Crippen molar-refractivity contribution in [3.05, 3.63) is 0 Å². The van der Waals surface area contributed by atoms with E-state index in [2.05, 4.69) is 41.3 Å². The van der Waals surface area contributed by atoms with Crippen molar-refractivity contribution in [2.75, 3.05) is 52.9 Å². The molecule has 1 amide bonds. The summed E-state index contributed by atoms with van der Waals surface area (Å²) in [6.45, 7) is 10.5. The van der Waals surface area contributed by atoms with Crippen LogP contribution >= 0.6 is 0 Å². The Balaban J connectivity index is 2.12. The van der Waals surface area contributed by atoms with Gasteiger partial charge in [-0.3, -0.25) is 9.69 Å². The molecule has 106 valence electrons. The van der Waals surface area contributed by atoms with Gasteiger partial charge >= 0.3 is 0 Å². The van der Waals surface area contributed by atoms with Crippen molar-refractivity contribution in [1.29, 1.82) is 0 Å². The fraction of sp³-hybridized carbons (Fsp3) is 0.923. The minimum Gasteiger partial charge on any atom is -0.354 e. The number of nitrogens with one attached hydrogen (secondary N) is 2. The Morgan fingerprint density at radius 3 is 2.89 bits per heavy atom. The van der Waals surface area contributed by atoms with Crippen molar-refractivity contribution in [3.8, 4) is 0 Å². The molecule has 0 bridgehead atoms. The second-order valence-corrected chi connectivity index (χ2v) is 5.30. The van der Waals surface area contributed by atoms with Crippen molar-refractivity contribution in [2.45, 2.75) is 26.3 Å². The lowest BCUT2D eigenvalue weighted by atomic mass is 10.3. The molecule has 0 aromatic carbocycles. The summed E-state index contributed by atoms with van der Waals surface area (Å²) in [7, 11) is 2.08. The summed E-state index contributed by atoms with van der Waals surface area (Å²) in [6, 6.07) is 0.526. The van der Waals surface area contributed by atoms with Crippen molar-refractivity contribution >= 4 is 5.91 Å². The van der Waals surface area contributed by atoms with Crippen LogP contribution in [-0.2, 0) is 4.79 Å². The van der Waals surface area contributed by atoms with Crippen molar-refractivity contribution in [3.63, 3.8) is 0 Å². The Kier molecular flexibility index (Phi) is 7.23. The molecule has 1 fully saturated rings. The molecule has 0 unspecified atom stereocenters. The maximum Gasteiger partial charge on any atom is 0.234 e. The minimum atomic E-state index is 0.147. The topological polar surface area (TPSA) is 47.6 Å². The molecular formula is C13H28N4O. The highest BCUT2D eigenvalue weighted by molar-refractivity contribution is 5.77. The van der Waals surface area contributed by atoms with Crippen LogP contribution in [-0.4, -0.2) is 74.6 Å². The fourth-order valence-electron chi connectivity index (χ4n) is 1.95. The summed E-state index contributed by atoms with van der Waals surface area (Å²) in [5.41, 5.74) is 0. The molecule has 0 aromatic rings. The van der Waals surface area contributed by atoms with E-state index in [1.807, 2.05) is 0 Å². The first-order valence-corrected chi connectivity index (χ1v) is 6.99. The minimum absolute atomic E-state index is 0.147. The van der Waals surface area contributed by atoms with Crippen LogP contribution in [0.2, 0.25) is 0 Å². The van der Waals surface area contributed by atoms with Crippen molar-refractivity contribution < 1.29 is 4.79 Å². The summed E-state index contributed by atoms with van der Waals surface area (Å²) in [5, 5.41) is 6.33. The third kappa shape index (κ3) is 6.33. The van der Waals surface area contributed by atoms with Gasteiger partial charge in [0.1, 0.15) is 0 Å². The smallest absolute Gasteiger partial charge is 0.234 e. The van der Waals surface area contributed by atoms with Crippen LogP contribution in [0, 0.1) is 0 Å². The van der Waals surface area contributed by atoms with Crippen LogP contribution in [0.3, 0.4) is 0 Å². The summed E-state index contributed by atoms with van der Waals surface area (Å²) in [4.78, 5) is 16.2. The average molecular weight is 256 g/mol. The van der Waals surface area contributed by atoms with Crippen LogP contribution in [0.5, 0.6) is 0 Å². The van der Waals surface area contributed by atoms with Gasteiger partial charge in [-0.25, -0.2) is 0 Å². The number of amides is 1. The standard InChI is InChI=1S/C13H28N4O/c1-12(2)16(3)9-7-15-13(18)11-17-8-4-5-14-6-10-17/h12,14H,4-11H2,1-3H3,(H,15,18). The zero-order chi connectivity index (χ0) is 13.4. The van der Waals surface area contributed by atoms with Crippen LogP contribution in [0.1, 0.15) is 20.3 Å². The lowest BCUT2D eigenvalue weighted by molar-refractivity contribution is -0.122. The third-order valence-corrected chi connectivity index (χ3v) is 3.47. The molecule has 0 radical (unpaired) electrons. The van der Waals surface area contributed by atoms with Crippen LogP contribution in [0.25, 0.3) is 0 Å². The van der Waals surface area contributed by atoms with E-state index in [-0.39, 0.29) is 5.91 Å². The predicted octanol–water partition coefficient (Wildman–Crippen LogP) is -0.262. The zero-order valence-corrected chi connectivity index (χ0v) is 12.0. The second kappa shape index (κ2) is 8.45. The highest BCUT2D eigenvalue weighted by Gasteiger charge is 2.12. The lowest BCUT2D eigenvalue weighted by Gasteiger charge is -2.22. The molecule has 0 saturated carbocycles. The molecule has 0 spiro atoms. The quantitative estimate of drug-likeness (QED) is 0.687. The molecule has 1 aliphatic rings. The van der Waals surface area contributed by atoms with Crippen LogP contribution in [0.4, 0.5) is 0 Å². The third-order valence-electron chi connectivity index (χ3n) is 3.47. The van der Waals surface area contributed by atoms with E-state index in [1.54, 1.807) is 0 Å². The lowest BCUT2D eigenvalue weighted by Crippen LogP contribution is -2.42. The van der Waals surface area contributed by atoms with Gasteiger partial charge < -0.3 is 15.5 Å². The largest absolute Gasteiger partial charge is 0.354 e. The number of likely N-dealkylation sites (N-methyl/N-ethyl adjacent to an activating group) is 1. The number of nitrogens with zero attached hydrogens (tertiary/aromatic N) is 2. The number of carbonyl (C=O) groups is 1. The summed E-state index contributed by atoms with van der Waals surface area (Å²) >= 11 is 0. The Hall–Kier alpha value is -0.650.